The van der Waals surface area contributed by atoms with Crippen molar-refractivity contribution in [3.8, 4) is 5.88 Å². The summed E-state index contributed by atoms with van der Waals surface area (Å²) in [7, 11) is 0. The van der Waals surface area contributed by atoms with Gasteiger partial charge < -0.3 is 15.8 Å². The van der Waals surface area contributed by atoms with Crippen LogP contribution in [-0.2, 0) is 0 Å². The number of aromatic nitrogens is 4. The summed E-state index contributed by atoms with van der Waals surface area (Å²) < 4.78 is 5.76. The number of nitrogens with zero attached hydrogens (tertiary/aromatic N) is 4. The Morgan fingerprint density at radius 2 is 1.65 bits per heavy atom. The molecule has 0 bridgehead atoms. The Balaban J connectivity index is 2.00. The summed E-state index contributed by atoms with van der Waals surface area (Å²) in [6.45, 7) is 9.87. The molecule has 3 rings (SSSR count). The van der Waals surface area contributed by atoms with Gasteiger partial charge in [0.05, 0.1) is 23.5 Å². The largest absolute Gasteiger partial charge is 0.473 e. The number of aryl methyl sites for hydroxylation is 2. The molecule has 136 valence electrons. The molecule has 0 amide bonds. The molecule has 26 heavy (non-hydrogen) atoms. The van der Waals surface area contributed by atoms with E-state index in [0.717, 1.165) is 17.1 Å². The smallest absolute Gasteiger partial charge is 0.247 e. The second-order valence-electron chi connectivity index (χ2n) is 6.65. The van der Waals surface area contributed by atoms with Gasteiger partial charge in [-0.25, -0.2) is 9.97 Å². The van der Waals surface area contributed by atoms with E-state index < -0.39 is 0 Å². The van der Waals surface area contributed by atoms with Gasteiger partial charge in [0.1, 0.15) is 0 Å². The van der Waals surface area contributed by atoms with Crippen LogP contribution in [-0.4, -0.2) is 26.0 Å². The lowest BCUT2D eigenvalue weighted by molar-refractivity contribution is 0.235. The van der Waals surface area contributed by atoms with Gasteiger partial charge in [0.15, 0.2) is 11.2 Å². The Hall–Kier alpha value is -2.96. The van der Waals surface area contributed by atoms with Crippen LogP contribution >= 0.6 is 0 Å². The molecule has 7 nitrogen and oxygen atoms in total. The van der Waals surface area contributed by atoms with E-state index >= 15 is 0 Å². The van der Waals surface area contributed by atoms with Gasteiger partial charge in [-0.1, -0.05) is 17.7 Å². The highest BCUT2D eigenvalue weighted by Crippen LogP contribution is 2.26. The highest BCUT2D eigenvalue weighted by Gasteiger charge is 2.18. The molecule has 0 saturated carbocycles. The Kier molecular flexibility index (Phi) is 4.88. The summed E-state index contributed by atoms with van der Waals surface area (Å²) in [4.78, 5) is 17.7. The summed E-state index contributed by atoms with van der Waals surface area (Å²) in [5.41, 5.74) is 10.6. The molecule has 2 heterocycles. The van der Waals surface area contributed by atoms with Crippen molar-refractivity contribution in [2.75, 3.05) is 11.1 Å². The lowest BCUT2D eigenvalue weighted by Gasteiger charge is -2.18. The van der Waals surface area contributed by atoms with Crippen molar-refractivity contribution < 1.29 is 4.74 Å². The van der Waals surface area contributed by atoms with E-state index in [-0.39, 0.29) is 18.1 Å². The number of fused-ring (bicyclic) bond motifs is 1. The van der Waals surface area contributed by atoms with Gasteiger partial charge in [0.25, 0.3) is 0 Å². The van der Waals surface area contributed by atoms with Crippen LogP contribution in [0.3, 0.4) is 0 Å². The lowest BCUT2D eigenvalue weighted by atomic mass is 10.1. The predicted octanol–water partition coefficient (Wildman–Crippen LogP) is 3.58. The quantitative estimate of drug-likeness (QED) is 0.724. The summed E-state index contributed by atoms with van der Waals surface area (Å²) in [5.74, 6) is 0.485. The Morgan fingerprint density at radius 1 is 0.962 bits per heavy atom. The molecular weight excluding hydrogens is 328 g/mol. The zero-order chi connectivity index (χ0) is 18.8. The van der Waals surface area contributed by atoms with Crippen LogP contribution in [0.15, 0.2) is 24.3 Å². The molecule has 1 unspecified atom stereocenters. The van der Waals surface area contributed by atoms with Crippen molar-refractivity contribution >= 4 is 22.8 Å². The van der Waals surface area contributed by atoms with Crippen molar-refractivity contribution in [1.82, 2.24) is 19.9 Å². The molecule has 0 aliphatic heterocycles. The van der Waals surface area contributed by atoms with Crippen molar-refractivity contribution in [3.05, 3.63) is 41.2 Å². The lowest BCUT2D eigenvalue weighted by Crippen LogP contribution is -2.14. The molecule has 0 saturated heterocycles. The summed E-state index contributed by atoms with van der Waals surface area (Å²) in [6, 6.07) is 8.19. The van der Waals surface area contributed by atoms with E-state index in [2.05, 4.69) is 39.3 Å². The van der Waals surface area contributed by atoms with Crippen LogP contribution < -0.4 is 15.8 Å². The molecular formula is C19H24N6O. The van der Waals surface area contributed by atoms with Crippen LogP contribution in [0.4, 0.5) is 11.6 Å². The number of nitrogens with two attached hydrogens (primary N) is 1. The SMILES string of the molecule is Cc1ccc(NC(C)c2nc3c(OC(C)C)nc(N)nc3nc2C)cc1. The molecule has 0 aliphatic rings. The number of hydrogen-bond donors (Lipinski definition) is 2. The topological polar surface area (TPSA) is 98.8 Å². The van der Waals surface area contributed by atoms with Gasteiger partial charge in [-0.05, 0) is 46.8 Å². The number of rotatable bonds is 5. The highest BCUT2D eigenvalue weighted by atomic mass is 16.5. The van der Waals surface area contributed by atoms with Gasteiger partial charge in [-0.15, -0.1) is 0 Å². The number of nitrogens with one attached hydrogen (secondary N) is 1. The number of hydrogen-bond acceptors (Lipinski definition) is 7. The van der Waals surface area contributed by atoms with Crippen molar-refractivity contribution in [2.24, 2.45) is 0 Å². The molecule has 7 heteroatoms. The summed E-state index contributed by atoms with van der Waals surface area (Å²) >= 11 is 0. The maximum atomic E-state index is 5.78. The summed E-state index contributed by atoms with van der Waals surface area (Å²) in [6.07, 6.45) is -0.0536. The minimum atomic E-state index is -0.0536. The van der Waals surface area contributed by atoms with Gasteiger partial charge >= 0.3 is 0 Å². The van der Waals surface area contributed by atoms with Gasteiger partial charge in [0, 0.05) is 5.69 Å². The number of ether oxygens (including phenoxy) is 1. The fourth-order valence-electron chi connectivity index (χ4n) is 2.72. The molecule has 0 spiro atoms. The fraction of sp³-hybridized carbons (Fsp3) is 0.368. The number of benzene rings is 1. The predicted molar refractivity (Wildman–Crippen MR) is 103 cm³/mol. The molecule has 2 aromatic heterocycles. The first-order chi connectivity index (χ1) is 12.3. The summed E-state index contributed by atoms with van der Waals surface area (Å²) in [5, 5.41) is 3.45. The van der Waals surface area contributed by atoms with Crippen molar-refractivity contribution in [3.63, 3.8) is 0 Å². The first kappa shape index (κ1) is 17.8. The standard InChI is InChI=1S/C19H24N6O/c1-10(2)26-18-16-17(24-19(20)25-18)22-13(5)15(23-16)12(4)21-14-8-6-11(3)7-9-14/h6-10,12,21H,1-5H3,(H2,20,22,24,25). The molecule has 1 atom stereocenters. The van der Waals surface area contributed by atoms with Crippen LogP contribution in [0.25, 0.3) is 11.2 Å². The van der Waals surface area contributed by atoms with Gasteiger partial charge in [-0.3, -0.25) is 0 Å². The average molecular weight is 352 g/mol. The molecule has 0 radical (unpaired) electrons. The van der Waals surface area contributed by atoms with Crippen LogP contribution in [0.2, 0.25) is 0 Å². The van der Waals surface area contributed by atoms with Crippen LogP contribution in [0.1, 0.15) is 43.8 Å². The number of nitrogen functional groups attached to an aromatic ring is 1. The van der Waals surface area contributed by atoms with Crippen molar-refractivity contribution in [1.29, 1.82) is 0 Å². The maximum absolute atomic E-state index is 5.78. The monoisotopic (exact) mass is 352 g/mol. The first-order valence-corrected chi connectivity index (χ1v) is 8.65. The fourth-order valence-corrected chi connectivity index (χ4v) is 2.72. The van der Waals surface area contributed by atoms with Crippen LogP contribution in [0, 0.1) is 13.8 Å². The normalized spacial score (nSPS) is 12.4. The third-order valence-electron chi connectivity index (χ3n) is 3.92. The maximum Gasteiger partial charge on any atom is 0.247 e. The minimum Gasteiger partial charge on any atom is -0.473 e. The molecule has 0 fully saturated rings. The number of anilines is 2. The highest BCUT2D eigenvalue weighted by molar-refractivity contribution is 5.77. The average Bonchev–Trinajstić information content (AvgIpc) is 2.55. The second kappa shape index (κ2) is 7.11. The van der Waals surface area contributed by atoms with E-state index in [1.165, 1.54) is 5.56 Å². The second-order valence-corrected chi connectivity index (χ2v) is 6.65. The molecule has 3 N–H and O–H groups in total. The van der Waals surface area contributed by atoms with E-state index in [9.17, 15) is 0 Å². The van der Waals surface area contributed by atoms with E-state index in [1.807, 2.05) is 39.8 Å². The minimum absolute atomic E-state index is 0.0425. The Bertz CT molecular complexity index is 923. The zero-order valence-corrected chi connectivity index (χ0v) is 15.7. The third-order valence-corrected chi connectivity index (χ3v) is 3.92. The van der Waals surface area contributed by atoms with Gasteiger partial charge in [0.2, 0.25) is 11.8 Å². The van der Waals surface area contributed by atoms with Crippen LogP contribution in [0.5, 0.6) is 5.88 Å². The van der Waals surface area contributed by atoms with E-state index in [1.54, 1.807) is 0 Å². The zero-order valence-electron chi connectivity index (χ0n) is 15.7. The van der Waals surface area contributed by atoms with Gasteiger partial charge in [-0.2, -0.15) is 9.97 Å². The molecule has 0 aliphatic carbocycles. The van der Waals surface area contributed by atoms with E-state index in [0.29, 0.717) is 17.0 Å². The molecule has 3 aromatic rings. The first-order valence-electron chi connectivity index (χ1n) is 8.65. The third kappa shape index (κ3) is 3.82. The van der Waals surface area contributed by atoms with E-state index in [4.69, 9.17) is 15.5 Å². The Labute approximate surface area is 153 Å². The molecule has 1 aromatic carbocycles. The Morgan fingerprint density at radius 3 is 2.31 bits per heavy atom. The van der Waals surface area contributed by atoms with Crippen molar-refractivity contribution in [2.45, 2.75) is 46.8 Å².